The largest absolute Gasteiger partial charge is 0.495 e. The first-order chi connectivity index (χ1) is 16.7. The lowest BCUT2D eigenvalue weighted by molar-refractivity contribution is -0.137. The Labute approximate surface area is 203 Å². The third-order valence-electron chi connectivity index (χ3n) is 5.85. The van der Waals surface area contributed by atoms with Crippen LogP contribution in [0.5, 0.6) is 5.75 Å². The summed E-state index contributed by atoms with van der Waals surface area (Å²) in [7, 11) is 5.14. The van der Waals surface area contributed by atoms with Gasteiger partial charge in [0.1, 0.15) is 17.4 Å². The highest BCUT2D eigenvalue weighted by molar-refractivity contribution is 5.68. The molecular weight excluding hydrogens is 457 g/mol. The molecule has 0 radical (unpaired) electrons. The summed E-state index contributed by atoms with van der Waals surface area (Å²) in [6, 6.07) is 15.4. The van der Waals surface area contributed by atoms with E-state index >= 15 is 0 Å². The van der Waals surface area contributed by atoms with Crippen molar-refractivity contribution >= 4 is 23.3 Å². The minimum atomic E-state index is -4.46. The third-order valence-corrected chi connectivity index (χ3v) is 5.85. The van der Waals surface area contributed by atoms with Crippen molar-refractivity contribution in [3.63, 3.8) is 0 Å². The highest BCUT2D eigenvalue weighted by atomic mass is 19.4. The van der Waals surface area contributed by atoms with Gasteiger partial charge < -0.3 is 19.9 Å². The van der Waals surface area contributed by atoms with Gasteiger partial charge in [-0.05, 0) is 23.8 Å². The summed E-state index contributed by atoms with van der Waals surface area (Å²) >= 11 is 0. The number of halogens is 3. The van der Waals surface area contributed by atoms with Crippen LogP contribution in [0.4, 0.5) is 36.4 Å². The lowest BCUT2D eigenvalue weighted by Crippen LogP contribution is -2.46. The van der Waals surface area contributed by atoms with Gasteiger partial charge in [-0.3, -0.25) is 4.90 Å². The molecule has 0 atom stereocenters. The second-order valence-corrected chi connectivity index (χ2v) is 8.59. The zero-order chi connectivity index (χ0) is 25.0. The maximum Gasteiger partial charge on any atom is 0.416 e. The standard InChI is InChI=1S/C25H29F3N6O/c1-32(2)23-16-22(29-20-15-19(25(26,27)28)9-10-21(20)35-3)30-24(31-23)34-13-11-33(12-14-34)17-18-7-5-4-6-8-18/h4-10,15-16H,11-14,17H2,1-3H3,(H,29,30,31). The van der Waals surface area contributed by atoms with Gasteiger partial charge in [-0.1, -0.05) is 30.3 Å². The van der Waals surface area contributed by atoms with Gasteiger partial charge in [-0.25, -0.2) is 0 Å². The Hall–Kier alpha value is -3.53. The smallest absolute Gasteiger partial charge is 0.416 e. The molecule has 1 fully saturated rings. The summed E-state index contributed by atoms with van der Waals surface area (Å²) in [4.78, 5) is 15.6. The molecule has 2 aromatic carbocycles. The number of piperazine rings is 1. The molecule has 1 N–H and O–H groups in total. The van der Waals surface area contributed by atoms with E-state index in [0.717, 1.165) is 44.9 Å². The monoisotopic (exact) mass is 486 g/mol. The number of nitrogens with one attached hydrogen (secondary N) is 1. The fraction of sp³-hybridized carbons (Fsp3) is 0.360. The summed E-state index contributed by atoms with van der Waals surface area (Å²) in [5, 5.41) is 3.01. The van der Waals surface area contributed by atoms with E-state index in [1.807, 2.05) is 37.2 Å². The number of rotatable bonds is 7. The number of anilines is 4. The van der Waals surface area contributed by atoms with Crippen LogP contribution in [0.2, 0.25) is 0 Å². The highest BCUT2D eigenvalue weighted by Gasteiger charge is 2.31. The van der Waals surface area contributed by atoms with Crippen LogP contribution in [0.25, 0.3) is 0 Å². The maximum atomic E-state index is 13.3. The van der Waals surface area contributed by atoms with Crippen molar-refractivity contribution < 1.29 is 17.9 Å². The molecule has 0 aliphatic carbocycles. The van der Waals surface area contributed by atoms with Gasteiger partial charge in [0.15, 0.2) is 0 Å². The summed E-state index contributed by atoms with van der Waals surface area (Å²) in [6.07, 6.45) is -4.46. The molecule has 1 aromatic heterocycles. The lowest BCUT2D eigenvalue weighted by atomic mass is 10.1. The first kappa shape index (κ1) is 24.6. The zero-order valence-corrected chi connectivity index (χ0v) is 20.0. The van der Waals surface area contributed by atoms with Crippen LogP contribution in [0.3, 0.4) is 0 Å². The van der Waals surface area contributed by atoms with Gasteiger partial charge in [0.25, 0.3) is 0 Å². The SMILES string of the molecule is COc1ccc(C(F)(F)F)cc1Nc1cc(N(C)C)nc(N2CCN(Cc3ccccc3)CC2)n1. The van der Waals surface area contributed by atoms with Crippen LogP contribution >= 0.6 is 0 Å². The maximum absolute atomic E-state index is 13.3. The second-order valence-electron chi connectivity index (χ2n) is 8.59. The van der Waals surface area contributed by atoms with Crippen LogP contribution in [0.1, 0.15) is 11.1 Å². The number of ether oxygens (including phenoxy) is 1. The van der Waals surface area contributed by atoms with Gasteiger partial charge in [-0.2, -0.15) is 23.1 Å². The zero-order valence-electron chi connectivity index (χ0n) is 20.0. The van der Waals surface area contributed by atoms with Gasteiger partial charge in [0, 0.05) is 52.9 Å². The van der Waals surface area contributed by atoms with E-state index in [0.29, 0.717) is 23.3 Å². The van der Waals surface area contributed by atoms with Crippen LogP contribution in [0, 0.1) is 0 Å². The molecule has 0 spiro atoms. The van der Waals surface area contributed by atoms with Crippen molar-refractivity contribution in [1.82, 2.24) is 14.9 Å². The van der Waals surface area contributed by atoms with Gasteiger partial charge in [0.2, 0.25) is 5.95 Å². The van der Waals surface area contributed by atoms with Crippen LogP contribution in [-0.2, 0) is 12.7 Å². The molecule has 10 heteroatoms. The van der Waals surface area contributed by atoms with E-state index < -0.39 is 11.7 Å². The van der Waals surface area contributed by atoms with E-state index in [1.54, 1.807) is 6.07 Å². The van der Waals surface area contributed by atoms with Gasteiger partial charge in [0.05, 0.1) is 18.4 Å². The highest BCUT2D eigenvalue weighted by Crippen LogP contribution is 2.36. The Kier molecular flexibility index (Phi) is 7.30. The van der Waals surface area contributed by atoms with Crippen molar-refractivity contribution in [2.45, 2.75) is 12.7 Å². The van der Waals surface area contributed by atoms with Crippen molar-refractivity contribution in [2.75, 3.05) is 62.5 Å². The average molecular weight is 487 g/mol. The topological polar surface area (TPSA) is 56.8 Å². The normalized spacial score (nSPS) is 14.6. The predicted molar refractivity (Wildman–Crippen MR) is 132 cm³/mol. The van der Waals surface area contributed by atoms with E-state index in [2.05, 4.69) is 37.2 Å². The van der Waals surface area contributed by atoms with E-state index in [-0.39, 0.29) is 5.69 Å². The Balaban J connectivity index is 1.54. The fourth-order valence-electron chi connectivity index (χ4n) is 3.92. The van der Waals surface area contributed by atoms with Crippen molar-refractivity contribution in [2.24, 2.45) is 0 Å². The first-order valence-electron chi connectivity index (χ1n) is 11.3. The summed E-state index contributed by atoms with van der Waals surface area (Å²) in [5.74, 6) is 1.86. The second kappa shape index (κ2) is 10.4. The molecule has 1 aliphatic heterocycles. The molecule has 0 amide bonds. The van der Waals surface area contributed by atoms with Crippen LogP contribution < -0.4 is 19.9 Å². The molecule has 186 valence electrons. The molecule has 2 heterocycles. The van der Waals surface area contributed by atoms with E-state index in [1.165, 1.54) is 18.7 Å². The minimum absolute atomic E-state index is 0.185. The van der Waals surface area contributed by atoms with E-state index in [9.17, 15) is 13.2 Å². The molecule has 4 rings (SSSR count). The fourth-order valence-corrected chi connectivity index (χ4v) is 3.92. The quantitative estimate of drug-likeness (QED) is 0.522. The van der Waals surface area contributed by atoms with Gasteiger partial charge >= 0.3 is 6.18 Å². The van der Waals surface area contributed by atoms with Crippen molar-refractivity contribution in [3.8, 4) is 5.75 Å². The molecule has 1 aliphatic rings. The lowest BCUT2D eigenvalue weighted by Gasteiger charge is -2.35. The molecule has 0 saturated carbocycles. The summed E-state index contributed by atoms with van der Waals surface area (Å²) < 4.78 is 45.1. The molecule has 0 bridgehead atoms. The Morgan fingerprint density at radius 3 is 2.31 bits per heavy atom. The Morgan fingerprint density at radius 2 is 1.69 bits per heavy atom. The minimum Gasteiger partial charge on any atom is -0.495 e. The molecule has 35 heavy (non-hydrogen) atoms. The summed E-state index contributed by atoms with van der Waals surface area (Å²) in [5.41, 5.74) is 0.690. The third kappa shape index (κ3) is 6.13. The van der Waals surface area contributed by atoms with Crippen molar-refractivity contribution in [1.29, 1.82) is 0 Å². The number of methoxy groups -OCH3 is 1. The van der Waals surface area contributed by atoms with E-state index in [4.69, 9.17) is 4.74 Å². The number of hydrogen-bond donors (Lipinski definition) is 1. The van der Waals surface area contributed by atoms with Crippen molar-refractivity contribution in [3.05, 3.63) is 65.7 Å². The van der Waals surface area contributed by atoms with Crippen LogP contribution in [0.15, 0.2) is 54.6 Å². The predicted octanol–water partition coefficient (Wildman–Crippen LogP) is 4.64. The summed E-state index contributed by atoms with van der Waals surface area (Å²) in [6.45, 7) is 4.09. The first-order valence-corrected chi connectivity index (χ1v) is 11.3. The number of benzene rings is 2. The molecule has 7 nitrogen and oxygen atoms in total. The molecular formula is C25H29F3N6O. The van der Waals surface area contributed by atoms with Crippen LogP contribution in [-0.4, -0.2) is 62.3 Å². The number of aromatic nitrogens is 2. The number of alkyl halides is 3. The Bertz CT molecular complexity index is 1130. The number of hydrogen-bond acceptors (Lipinski definition) is 7. The molecule has 3 aromatic rings. The molecule has 1 saturated heterocycles. The van der Waals surface area contributed by atoms with Gasteiger partial charge in [-0.15, -0.1) is 0 Å². The molecule has 0 unspecified atom stereocenters. The Morgan fingerprint density at radius 1 is 0.971 bits per heavy atom. The average Bonchev–Trinajstić information content (AvgIpc) is 2.84. The number of nitrogens with zero attached hydrogens (tertiary/aromatic N) is 5.